The van der Waals surface area contributed by atoms with Gasteiger partial charge in [0.1, 0.15) is 23.3 Å². The third kappa shape index (κ3) is 4.41. The third-order valence-electron chi connectivity index (χ3n) is 7.46. The Kier molecular flexibility index (Phi) is 6.34. The van der Waals surface area contributed by atoms with E-state index < -0.39 is 0 Å². The number of carbonyl (C=O) groups is 1. The number of amides is 1. The van der Waals surface area contributed by atoms with Crippen LogP contribution >= 0.6 is 11.6 Å². The first-order valence-electron chi connectivity index (χ1n) is 12.7. The highest BCUT2D eigenvalue weighted by molar-refractivity contribution is 6.33. The van der Waals surface area contributed by atoms with Gasteiger partial charge in [-0.3, -0.25) is 4.79 Å². The fourth-order valence-electron chi connectivity index (χ4n) is 5.79. The summed E-state index contributed by atoms with van der Waals surface area (Å²) in [5.41, 5.74) is 3.27. The minimum atomic E-state index is -0.213. The number of carbonyl (C=O) groups excluding carboxylic acids is 1. The average molecular weight is 528 g/mol. The SMILES string of the molecule is CCOc1cc(-c2ccc(N3C[C@H]4CC(NC(=O)c5ncccc5Cl)C[C@H]4C3)nc2)c2c(C#N)cnn2c1. The lowest BCUT2D eigenvalue weighted by molar-refractivity contribution is 0.0931. The number of fused-ring (bicyclic) bond motifs is 2. The van der Waals surface area contributed by atoms with E-state index >= 15 is 0 Å². The van der Waals surface area contributed by atoms with Crippen molar-refractivity contribution in [2.75, 3.05) is 24.6 Å². The Bertz CT molecular complexity index is 1530. The second-order valence-electron chi connectivity index (χ2n) is 9.79. The van der Waals surface area contributed by atoms with Crippen LogP contribution in [0.4, 0.5) is 5.82 Å². The van der Waals surface area contributed by atoms with E-state index in [9.17, 15) is 10.1 Å². The summed E-state index contributed by atoms with van der Waals surface area (Å²) in [7, 11) is 0. The third-order valence-corrected chi connectivity index (χ3v) is 7.77. The summed E-state index contributed by atoms with van der Waals surface area (Å²) in [6.07, 6.45) is 8.64. The zero-order chi connectivity index (χ0) is 26.2. The molecule has 4 aromatic rings. The number of nitrogens with one attached hydrogen (secondary N) is 1. The van der Waals surface area contributed by atoms with Crippen molar-refractivity contribution >= 4 is 28.8 Å². The van der Waals surface area contributed by atoms with Crippen molar-refractivity contribution in [3.8, 4) is 22.9 Å². The molecule has 0 spiro atoms. The van der Waals surface area contributed by atoms with Crippen LogP contribution in [0.25, 0.3) is 16.6 Å². The number of hydrogen-bond donors (Lipinski definition) is 1. The summed E-state index contributed by atoms with van der Waals surface area (Å²) in [6, 6.07) is 11.8. The molecule has 192 valence electrons. The Morgan fingerprint density at radius 2 is 2.03 bits per heavy atom. The molecule has 1 amide bonds. The molecular formula is C28H26ClN7O2. The zero-order valence-corrected chi connectivity index (χ0v) is 21.6. The van der Waals surface area contributed by atoms with E-state index in [0.717, 1.165) is 48.4 Å². The number of anilines is 1. The molecule has 9 nitrogen and oxygen atoms in total. The minimum Gasteiger partial charge on any atom is -0.492 e. The monoisotopic (exact) mass is 527 g/mol. The molecule has 0 bridgehead atoms. The number of nitrogens with zero attached hydrogens (tertiary/aromatic N) is 6. The molecule has 6 rings (SSSR count). The lowest BCUT2D eigenvalue weighted by atomic mass is 10.0. The summed E-state index contributed by atoms with van der Waals surface area (Å²) in [4.78, 5) is 23.9. The highest BCUT2D eigenvalue weighted by Gasteiger charge is 2.42. The van der Waals surface area contributed by atoms with Gasteiger partial charge in [-0.25, -0.2) is 14.5 Å². The molecule has 5 heterocycles. The van der Waals surface area contributed by atoms with Gasteiger partial charge in [-0.15, -0.1) is 0 Å². The van der Waals surface area contributed by atoms with Gasteiger partial charge in [0.05, 0.1) is 35.1 Å². The predicted octanol–water partition coefficient (Wildman–Crippen LogP) is 4.36. The fourth-order valence-corrected chi connectivity index (χ4v) is 6.00. The maximum atomic E-state index is 12.6. The van der Waals surface area contributed by atoms with Crippen molar-refractivity contribution < 1.29 is 9.53 Å². The highest BCUT2D eigenvalue weighted by atomic mass is 35.5. The number of pyridine rings is 3. The maximum Gasteiger partial charge on any atom is 0.271 e. The minimum absolute atomic E-state index is 0.123. The van der Waals surface area contributed by atoms with E-state index in [4.69, 9.17) is 21.3 Å². The zero-order valence-electron chi connectivity index (χ0n) is 20.8. The number of nitriles is 1. The van der Waals surface area contributed by atoms with E-state index in [-0.39, 0.29) is 17.6 Å². The maximum absolute atomic E-state index is 12.6. The Morgan fingerprint density at radius 3 is 2.71 bits per heavy atom. The Hall–Kier alpha value is -4.16. The Morgan fingerprint density at radius 1 is 1.21 bits per heavy atom. The second kappa shape index (κ2) is 9.95. The number of rotatable bonds is 6. The van der Waals surface area contributed by atoms with Crippen molar-refractivity contribution in [1.29, 1.82) is 5.26 Å². The molecule has 1 unspecified atom stereocenters. The summed E-state index contributed by atoms with van der Waals surface area (Å²) < 4.78 is 7.41. The standard InChI is InChI=1S/C28H26ClN7O2/c1-2-38-22-10-23(27-20(11-30)13-33-36(27)16-22)17-5-6-25(32-12-17)35-14-18-8-21(9-19(18)15-35)34-28(37)26-24(29)4-3-7-31-26/h3-7,10,12-13,16,18-19,21H,2,8-9,14-15H2,1H3,(H,34,37)/t18-,19+,21?. The van der Waals surface area contributed by atoms with Gasteiger partial charge >= 0.3 is 0 Å². The van der Waals surface area contributed by atoms with E-state index in [1.165, 1.54) is 0 Å². The molecule has 38 heavy (non-hydrogen) atoms. The molecule has 1 aliphatic heterocycles. The van der Waals surface area contributed by atoms with Crippen LogP contribution in [0.3, 0.4) is 0 Å². The first kappa shape index (κ1) is 24.2. The molecule has 1 saturated carbocycles. The molecule has 1 aliphatic carbocycles. The van der Waals surface area contributed by atoms with Crippen LogP contribution in [0, 0.1) is 23.2 Å². The highest BCUT2D eigenvalue weighted by Crippen LogP contribution is 2.40. The Balaban J connectivity index is 1.15. The molecule has 2 fully saturated rings. The van der Waals surface area contributed by atoms with Gasteiger partial charge in [0, 0.05) is 42.7 Å². The quantitative estimate of drug-likeness (QED) is 0.397. The molecule has 4 aromatic heterocycles. The molecule has 0 aromatic carbocycles. The summed E-state index contributed by atoms with van der Waals surface area (Å²) in [6.45, 7) is 4.27. The van der Waals surface area contributed by atoms with Gasteiger partial charge in [-0.1, -0.05) is 11.6 Å². The largest absolute Gasteiger partial charge is 0.492 e. The van der Waals surface area contributed by atoms with Gasteiger partial charge in [0.2, 0.25) is 0 Å². The number of hydrogen-bond acceptors (Lipinski definition) is 7. The first-order chi connectivity index (χ1) is 18.5. The van der Waals surface area contributed by atoms with Crippen LogP contribution in [-0.4, -0.2) is 51.2 Å². The average Bonchev–Trinajstić information content (AvgIpc) is 3.62. The van der Waals surface area contributed by atoms with E-state index in [2.05, 4.69) is 26.4 Å². The molecule has 1 saturated heterocycles. The van der Waals surface area contributed by atoms with Crippen LogP contribution in [0.15, 0.2) is 55.1 Å². The van der Waals surface area contributed by atoms with Crippen LogP contribution in [-0.2, 0) is 0 Å². The van der Waals surface area contributed by atoms with Crippen molar-refractivity contribution in [2.24, 2.45) is 11.8 Å². The molecular weight excluding hydrogens is 502 g/mol. The summed E-state index contributed by atoms with van der Waals surface area (Å²) >= 11 is 6.14. The van der Waals surface area contributed by atoms with Gasteiger partial charge in [0.25, 0.3) is 5.91 Å². The summed E-state index contributed by atoms with van der Waals surface area (Å²) in [5.74, 6) is 2.39. The molecule has 1 N–H and O–H groups in total. The normalized spacial score (nSPS) is 20.3. The van der Waals surface area contributed by atoms with Gasteiger partial charge in [0.15, 0.2) is 0 Å². The van der Waals surface area contributed by atoms with Crippen molar-refractivity contribution in [1.82, 2.24) is 24.9 Å². The van der Waals surface area contributed by atoms with E-state index in [1.807, 2.05) is 31.3 Å². The lowest BCUT2D eigenvalue weighted by Crippen LogP contribution is -2.35. The second-order valence-corrected chi connectivity index (χ2v) is 10.2. The van der Waals surface area contributed by atoms with Crippen LogP contribution in [0.1, 0.15) is 35.8 Å². The van der Waals surface area contributed by atoms with Crippen LogP contribution < -0.4 is 15.0 Å². The van der Waals surface area contributed by atoms with Crippen LogP contribution in [0.2, 0.25) is 5.02 Å². The number of halogens is 1. The molecule has 0 radical (unpaired) electrons. The Labute approximate surface area is 225 Å². The summed E-state index contributed by atoms with van der Waals surface area (Å²) in [5, 5.41) is 17.4. The van der Waals surface area contributed by atoms with Crippen molar-refractivity contribution in [3.63, 3.8) is 0 Å². The molecule has 2 aliphatic rings. The predicted molar refractivity (Wildman–Crippen MR) is 143 cm³/mol. The van der Waals surface area contributed by atoms with Gasteiger partial charge < -0.3 is 15.0 Å². The first-order valence-corrected chi connectivity index (χ1v) is 13.1. The lowest BCUT2D eigenvalue weighted by Gasteiger charge is -2.21. The topological polar surface area (TPSA) is 108 Å². The van der Waals surface area contributed by atoms with Crippen molar-refractivity contribution in [2.45, 2.75) is 25.8 Å². The van der Waals surface area contributed by atoms with Gasteiger partial charge in [-0.05, 0) is 61.9 Å². The molecule has 10 heteroatoms. The number of aromatic nitrogens is 4. The number of ether oxygens (including phenoxy) is 1. The fraction of sp³-hybridized carbons (Fsp3) is 0.321. The van der Waals surface area contributed by atoms with E-state index in [0.29, 0.717) is 34.8 Å². The van der Waals surface area contributed by atoms with Crippen molar-refractivity contribution in [3.05, 3.63) is 71.4 Å². The smallest absolute Gasteiger partial charge is 0.271 e. The van der Waals surface area contributed by atoms with E-state index in [1.54, 1.807) is 35.2 Å². The van der Waals surface area contributed by atoms with Crippen LogP contribution in [0.5, 0.6) is 5.75 Å². The molecule has 3 atom stereocenters. The van der Waals surface area contributed by atoms with Gasteiger partial charge in [-0.2, -0.15) is 10.4 Å².